The molecule has 4 heteroatoms. The van der Waals surface area contributed by atoms with Gasteiger partial charge < -0.3 is 5.32 Å². The summed E-state index contributed by atoms with van der Waals surface area (Å²) in [6.07, 6.45) is 1.62. The van der Waals surface area contributed by atoms with Crippen molar-refractivity contribution in [3.05, 3.63) is 27.3 Å². The first kappa shape index (κ1) is 9.85. The summed E-state index contributed by atoms with van der Waals surface area (Å²) in [6, 6.07) is 1.66. The van der Waals surface area contributed by atoms with E-state index in [2.05, 4.69) is 10.3 Å². The molecule has 0 aliphatic carbocycles. The van der Waals surface area contributed by atoms with Crippen LogP contribution in [0.3, 0.4) is 0 Å². The van der Waals surface area contributed by atoms with Crippen LogP contribution in [0.5, 0.6) is 0 Å². The molecule has 1 heterocycles. The third-order valence-corrected chi connectivity index (χ3v) is 2.29. The highest BCUT2D eigenvalue weighted by atomic mass is 127. The SMILES string of the molecule is CCNCc1nccc(I)c1F. The average molecular weight is 280 g/mol. The molecule has 0 unspecified atom stereocenters. The highest BCUT2D eigenvalue weighted by Gasteiger charge is 2.05. The molecule has 0 aliphatic heterocycles. The van der Waals surface area contributed by atoms with E-state index < -0.39 is 0 Å². The van der Waals surface area contributed by atoms with Gasteiger partial charge in [0.1, 0.15) is 0 Å². The molecule has 0 bridgehead atoms. The largest absolute Gasteiger partial charge is 0.311 e. The van der Waals surface area contributed by atoms with Gasteiger partial charge in [0.25, 0.3) is 0 Å². The Morgan fingerprint density at radius 2 is 2.42 bits per heavy atom. The summed E-state index contributed by atoms with van der Waals surface area (Å²) in [5.41, 5.74) is 0.490. The number of nitrogens with zero attached hydrogens (tertiary/aromatic N) is 1. The Kier molecular flexibility index (Phi) is 3.87. The normalized spacial score (nSPS) is 10.2. The molecule has 0 spiro atoms. The molecule has 0 atom stereocenters. The van der Waals surface area contributed by atoms with E-state index in [1.165, 1.54) is 0 Å². The number of nitrogens with one attached hydrogen (secondary N) is 1. The van der Waals surface area contributed by atoms with Gasteiger partial charge in [-0.05, 0) is 35.2 Å². The number of halogens is 2. The van der Waals surface area contributed by atoms with E-state index in [-0.39, 0.29) is 5.82 Å². The Balaban J connectivity index is 2.78. The molecule has 1 aromatic heterocycles. The lowest BCUT2D eigenvalue weighted by Crippen LogP contribution is -2.14. The van der Waals surface area contributed by atoms with Gasteiger partial charge in [-0.2, -0.15) is 0 Å². The van der Waals surface area contributed by atoms with E-state index in [1.807, 2.05) is 29.5 Å². The lowest BCUT2D eigenvalue weighted by molar-refractivity contribution is 0.573. The molecule has 0 aliphatic rings. The van der Waals surface area contributed by atoms with Crippen LogP contribution in [0.25, 0.3) is 0 Å². The summed E-state index contributed by atoms with van der Waals surface area (Å²) < 4.78 is 13.8. The van der Waals surface area contributed by atoms with E-state index in [4.69, 9.17) is 0 Å². The van der Waals surface area contributed by atoms with Crippen molar-refractivity contribution in [2.45, 2.75) is 13.5 Å². The lowest BCUT2D eigenvalue weighted by Gasteiger charge is -2.03. The van der Waals surface area contributed by atoms with Crippen LogP contribution in [0, 0.1) is 9.39 Å². The molecule has 0 radical (unpaired) electrons. The molecule has 1 rings (SSSR count). The summed E-state index contributed by atoms with van der Waals surface area (Å²) in [5.74, 6) is -0.209. The first-order valence-electron chi connectivity index (χ1n) is 3.75. The fourth-order valence-electron chi connectivity index (χ4n) is 0.827. The summed E-state index contributed by atoms with van der Waals surface area (Å²) in [4.78, 5) is 3.93. The predicted octanol–water partition coefficient (Wildman–Crippen LogP) is 1.93. The second kappa shape index (κ2) is 4.71. The van der Waals surface area contributed by atoms with Crippen molar-refractivity contribution in [1.29, 1.82) is 0 Å². The Labute approximate surface area is 84.7 Å². The number of hydrogen-bond acceptors (Lipinski definition) is 2. The highest BCUT2D eigenvalue weighted by molar-refractivity contribution is 14.1. The average Bonchev–Trinajstić information content (AvgIpc) is 2.08. The van der Waals surface area contributed by atoms with Crippen molar-refractivity contribution in [3.63, 3.8) is 0 Å². The van der Waals surface area contributed by atoms with Gasteiger partial charge in [-0.3, -0.25) is 4.98 Å². The van der Waals surface area contributed by atoms with Crippen molar-refractivity contribution in [2.75, 3.05) is 6.54 Å². The van der Waals surface area contributed by atoms with Crippen molar-refractivity contribution in [2.24, 2.45) is 0 Å². The Morgan fingerprint density at radius 3 is 3.08 bits per heavy atom. The van der Waals surface area contributed by atoms with Gasteiger partial charge in [0.2, 0.25) is 0 Å². The second-order valence-electron chi connectivity index (χ2n) is 2.33. The maximum absolute atomic E-state index is 13.2. The van der Waals surface area contributed by atoms with Crippen molar-refractivity contribution in [1.82, 2.24) is 10.3 Å². The monoisotopic (exact) mass is 280 g/mol. The molecule has 1 N–H and O–H groups in total. The molecule has 0 fully saturated rings. The zero-order valence-corrected chi connectivity index (χ0v) is 8.93. The van der Waals surface area contributed by atoms with Crippen molar-refractivity contribution >= 4 is 22.6 Å². The molecule has 1 aromatic rings. The van der Waals surface area contributed by atoms with Crippen LogP contribution in [0.4, 0.5) is 4.39 Å². The fourth-order valence-corrected chi connectivity index (χ4v) is 1.30. The Bertz CT molecular complexity index is 265. The van der Waals surface area contributed by atoms with Gasteiger partial charge in [0.05, 0.1) is 9.26 Å². The predicted molar refractivity (Wildman–Crippen MR) is 54.3 cm³/mol. The summed E-state index contributed by atoms with van der Waals surface area (Å²) in [6.45, 7) is 3.30. The maximum Gasteiger partial charge on any atom is 0.159 e. The third-order valence-electron chi connectivity index (χ3n) is 1.46. The van der Waals surface area contributed by atoms with Crippen molar-refractivity contribution < 1.29 is 4.39 Å². The summed E-state index contributed by atoms with van der Waals surface area (Å²) in [5, 5.41) is 3.03. The fraction of sp³-hybridized carbons (Fsp3) is 0.375. The first-order valence-corrected chi connectivity index (χ1v) is 4.83. The Hall–Kier alpha value is -0.230. The maximum atomic E-state index is 13.2. The van der Waals surface area contributed by atoms with Crippen LogP contribution in [0.2, 0.25) is 0 Å². The third kappa shape index (κ3) is 2.38. The second-order valence-corrected chi connectivity index (χ2v) is 3.50. The van der Waals surface area contributed by atoms with Gasteiger partial charge in [0, 0.05) is 12.7 Å². The molecular formula is C8H10FIN2. The number of aromatic nitrogens is 1. The van der Waals surface area contributed by atoms with Crippen LogP contribution in [0.15, 0.2) is 12.3 Å². The minimum Gasteiger partial charge on any atom is -0.311 e. The molecule has 0 saturated carbocycles. The van der Waals surface area contributed by atoms with Gasteiger partial charge in [-0.15, -0.1) is 0 Å². The van der Waals surface area contributed by atoms with Gasteiger partial charge in [-0.1, -0.05) is 6.92 Å². The molecule has 12 heavy (non-hydrogen) atoms. The minimum atomic E-state index is -0.209. The molecular weight excluding hydrogens is 270 g/mol. The zero-order chi connectivity index (χ0) is 8.97. The van der Waals surface area contributed by atoms with E-state index in [9.17, 15) is 4.39 Å². The van der Waals surface area contributed by atoms with Crippen LogP contribution >= 0.6 is 22.6 Å². The number of pyridine rings is 1. The summed E-state index contributed by atoms with van der Waals surface area (Å²) in [7, 11) is 0. The van der Waals surface area contributed by atoms with E-state index in [0.717, 1.165) is 6.54 Å². The zero-order valence-electron chi connectivity index (χ0n) is 6.77. The van der Waals surface area contributed by atoms with Gasteiger partial charge >= 0.3 is 0 Å². The first-order chi connectivity index (χ1) is 5.75. The van der Waals surface area contributed by atoms with E-state index in [0.29, 0.717) is 15.8 Å². The van der Waals surface area contributed by atoms with Crippen LogP contribution < -0.4 is 5.32 Å². The van der Waals surface area contributed by atoms with E-state index in [1.54, 1.807) is 12.3 Å². The van der Waals surface area contributed by atoms with Gasteiger partial charge in [-0.25, -0.2) is 4.39 Å². The van der Waals surface area contributed by atoms with Crippen molar-refractivity contribution in [3.8, 4) is 0 Å². The summed E-state index contributed by atoms with van der Waals surface area (Å²) >= 11 is 1.96. The smallest absolute Gasteiger partial charge is 0.159 e. The topological polar surface area (TPSA) is 24.9 Å². The molecule has 0 saturated heterocycles. The standard InChI is InChI=1S/C8H10FIN2/c1-2-11-5-7-8(9)6(10)3-4-12-7/h3-4,11H,2,5H2,1H3. The highest BCUT2D eigenvalue weighted by Crippen LogP contribution is 2.11. The lowest BCUT2D eigenvalue weighted by atomic mass is 10.3. The molecule has 2 nitrogen and oxygen atoms in total. The van der Waals surface area contributed by atoms with E-state index >= 15 is 0 Å². The molecule has 0 amide bonds. The van der Waals surface area contributed by atoms with Crippen LogP contribution in [-0.4, -0.2) is 11.5 Å². The van der Waals surface area contributed by atoms with Gasteiger partial charge in [0.15, 0.2) is 5.82 Å². The van der Waals surface area contributed by atoms with Crippen LogP contribution in [-0.2, 0) is 6.54 Å². The van der Waals surface area contributed by atoms with Crippen LogP contribution in [0.1, 0.15) is 12.6 Å². The molecule has 66 valence electrons. The minimum absolute atomic E-state index is 0.209. The Morgan fingerprint density at radius 1 is 1.67 bits per heavy atom. The number of rotatable bonds is 3. The number of hydrogen-bond donors (Lipinski definition) is 1. The quantitative estimate of drug-likeness (QED) is 0.856. The molecule has 0 aromatic carbocycles.